The number of methoxy groups -OCH3 is 2. The predicted octanol–water partition coefficient (Wildman–Crippen LogP) is 3.15. The van der Waals surface area contributed by atoms with Crippen molar-refractivity contribution < 1.29 is 9.47 Å². The number of piperidine rings is 1. The normalized spacial score (nSPS) is 15.6. The SMILES string of the molecule is CN=C(NCCCN1CCC(C)CC1)NCCc1ccc(OC)c(OC)c1.I. The van der Waals surface area contributed by atoms with Crippen LogP contribution in [0.1, 0.15) is 31.7 Å². The molecule has 160 valence electrons. The lowest BCUT2D eigenvalue weighted by Crippen LogP contribution is -2.40. The zero-order valence-electron chi connectivity index (χ0n) is 17.8. The summed E-state index contributed by atoms with van der Waals surface area (Å²) in [6.07, 6.45) is 4.72. The average molecular weight is 504 g/mol. The molecule has 0 radical (unpaired) electrons. The Balaban J connectivity index is 0.00000392. The molecule has 0 aliphatic carbocycles. The molecule has 0 unspecified atom stereocenters. The number of benzene rings is 1. The highest BCUT2D eigenvalue weighted by Crippen LogP contribution is 2.27. The van der Waals surface area contributed by atoms with E-state index < -0.39 is 0 Å². The van der Waals surface area contributed by atoms with Gasteiger partial charge in [0.15, 0.2) is 17.5 Å². The Labute approximate surface area is 187 Å². The molecule has 1 aliphatic heterocycles. The van der Waals surface area contributed by atoms with Crippen LogP contribution >= 0.6 is 24.0 Å². The molecule has 2 N–H and O–H groups in total. The van der Waals surface area contributed by atoms with Gasteiger partial charge in [-0.3, -0.25) is 4.99 Å². The van der Waals surface area contributed by atoms with Gasteiger partial charge in [0, 0.05) is 20.1 Å². The van der Waals surface area contributed by atoms with Gasteiger partial charge >= 0.3 is 0 Å². The minimum atomic E-state index is 0. The lowest BCUT2D eigenvalue weighted by molar-refractivity contribution is 0.191. The molecular formula is C21H37IN4O2. The van der Waals surface area contributed by atoms with Crippen molar-refractivity contribution in [3.63, 3.8) is 0 Å². The van der Waals surface area contributed by atoms with Gasteiger partial charge in [0.25, 0.3) is 0 Å². The topological polar surface area (TPSA) is 58.1 Å². The van der Waals surface area contributed by atoms with Crippen molar-refractivity contribution in [2.24, 2.45) is 10.9 Å². The van der Waals surface area contributed by atoms with Crippen molar-refractivity contribution in [2.45, 2.75) is 32.6 Å². The Morgan fingerprint density at radius 3 is 2.43 bits per heavy atom. The Morgan fingerprint density at radius 1 is 1.11 bits per heavy atom. The lowest BCUT2D eigenvalue weighted by atomic mass is 9.99. The summed E-state index contributed by atoms with van der Waals surface area (Å²) in [7, 11) is 5.13. The van der Waals surface area contributed by atoms with Crippen LogP contribution in [0, 0.1) is 5.92 Å². The first-order valence-electron chi connectivity index (χ1n) is 10.0. The van der Waals surface area contributed by atoms with Gasteiger partial charge in [-0.1, -0.05) is 13.0 Å². The molecule has 1 aromatic carbocycles. The third-order valence-electron chi connectivity index (χ3n) is 5.20. The second-order valence-electron chi connectivity index (χ2n) is 7.24. The molecule has 1 heterocycles. The maximum Gasteiger partial charge on any atom is 0.190 e. The minimum Gasteiger partial charge on any atom is -0.493 e. The van der Waals surface area contributed by atoms with E-state index >= 15 is 0 Å². The van der Waals surface area contributed by atoms with E-state index in [2.05, 4.69) is 33.5 Å². The van der Waals surface area contributed by atoms with E-state index in [1.807, 2.05) is 19.2 Å². The van der Waals surface area contributed by atoms with Crippen molar-refractivity contribution >= 4 is 29.9 Å². The maximum atomic E-state index is 5.36. The van der Waals surface area contributed by atoms with E-state index in [1.54, 1.807) is 14.2 Å². The fourth-order valence-electron chi connectivity index (χ4n) is 3.38. The standard InChI is InChI=1S/C21H36N4O2.HI/c1-17-9-14-25(15-10-17)13-5-11-23-21(22-2)24-12-8-18-6-7-19(26-3)20(16-18)27-4;/h6-7,16-17H,5,8-15H2,1-4H3,(H2,22,23,24);1H. The summed E-state index contributed by atoms with van der Waals surface area (Å²) in [5.74, 6) is 3.29. The van der Waals surface area contributed by atoms with Crippen molar-refractivity contribution in [1.29, 1.82) is 0 Å². The Bertz CT molecular complexity index is 590. The highest BCUT2D eigenvalue weighted by Gasteiger charge is 2.14. The number of likely N-dealkylation sites (tertiary alicyclic amines) is 1. The molecule has 1 aromatic rings. The summed E-state index contributed by atoms with van der Waals surface area (Å²) < 4.78 is 10.6. The molecule has 0 amide bonds. The second kappa shape index (κ2) is 13.9. The van der Waals surface area contributed by atoms with Gasteiger partial charge in [0.1, 0.15) is 0 Å². The zero-order chi connectivity index (χ0) is 19.5. The summed E-state index contributed by atoms with van der Waals surface area (Å²) in [6, 6.07) is 6.04. The smallest absolute Gasteiger partial charge is 0.190 e. The number of rotatable bonds is 9. The highest BCUT2D eigenvalue weighted by molar-refractivity contribution is 14.0. The van der Waals surface area contributed by atoms with E-state index in [-0.39, 0.29) is 24.0 Å². The molecule has 0 bridgehead atoms. The van der Waals surface area contributed by atoms with Crippen LogP contribution in [0.5, 0.6) is 11.5 Å². The van der Waals surface area contributed by atoms with E-state index in [4.69, 9.17) is 9.47 Å². The van der Waals surface area contributed by atoms with Gasteiger partial charge in [0.2, 0.25) is 0 Å². The fourth-order valence-corrected chi connectivity index (χ4v) is 3.38. The van der Waals surface area contributed by atoms with Crippen LogP contribution in [0.3, 0.4) is 0 Å². The summed E-state index contributed by atoms with van der Waals surface area (Å²) in [4.78, 5) is 6.89. The number of ether oxygens (including phenoxy) is 2. The third kappa shape index (κ3) is 8.43. The third-order valence-corrected chi connectivity index (χ3v) is 5.20. The number of nitrogens with one attached hydrogen (secondary N) is 2. The molecule has 1 saturated heterocycles. The molecule has 7 heteroatoms. The van der Waals surface area contributed by atoms with Crippen LogP contribution in [-0.4, -0.2) is 64.9 Å². The zero-order valence-corrected chi connectivity index (χ0v) is 20.1. The number of aliphatic imine (C=N–C) groups is 1. The van der Waals surface area contributed by atoms with E-state index in [0.29, 0.717) is 0 Å². The van der Waals surface area contributed by atoms with Gasteiger partial charge in [-0.25, -0.2) is 0 Å². The van der Waals surface area contributed by atoms with Crippen LogP contribution in [0.2, 0.25) is 0 Å². The van der Waals surface area contributed by atoms with Gasteiger partial charge in [-0.2, -0.15) is 0 Å². The van der Waals surface area contributed by atoms with Crippen LogP contribution in [0.25, 0.3) is 0 Å². The lowest BCUT2D eigenvalue weighted by Gasteiger charge is -2.30. The molecule has 1 fully saturated rings. The Morgan fingerprint density at radius 2 is 1.79 bits per heavy atom. The summed E-state index contributed by atoms with van der Waals surface area (Å²) in [6.45, 7) is 7.79. The molecule has 0 saturated carbocycles. The first kappa shape index (κ1) is 24.8. The van der Waals surface area contributed by atoms with Crippen LogP contribution in [0.15, 0.2) is 23.2 Å². The van der Waals surface area contributed by atoms with Gasteiger partial charge < -0.3 is 25.0 Å². The van der Waals surface area contributed by atoms with E-state index in [0.717, 1.165) is 49.3 Å². The van der Waals surface area contributed by atoms with Gasteiger partial charge in [0.05, 0.1) is 14.2 Å². The van der Waals surface area contributed by atoms with E-state index in [1.165, 1.54) is 38.0 Å². The number of hydrogen-bond donors (Lipinski definition) is 2. The quantitative estimate of drug-likeness (QED) is 0.234. The largest absolute Gasteiger partial charge is 0.493 e. The van der Waals surface area contributed by atoms with Crippen molar-refractivity contribution in [3.8, 4) is 11.5 Å². The number of hydrogen-bond acceptors (Lipinski definition) is 4. The van der Waals surface area contributed by atoms with E-state index in [9.17, 15) is 0 Å². The maximum absolute atomic E-state index is 5.36. The van der Waals surface area contributed by atoms with Crippen molar-refractivity contribution in [1.82, 2.24) is 15.5 Å². The first-order chi connectivity index (χ1) is 13.2. The monoisotopic (exact) mass is 504 g/mol. The Hall–Kier alpha value is -1.22. The van der Waals surface area contributed by atoms with Gasteiger partial charge in [-0.15, -0.1) is 24.0 Å². The first-order valence-corrected chi connectivity index (χ1v) is 10.0. The fraction of sp³-hybridized carbons (Fsp3) is 0.667. The number of nitrogens with zero attached hydrogens (tertiary/aromatic N) is 2. The number of halogens is 1. The average Bonchev–Trinajstić information content (AvgIpc) is 2.70. The molecule has 2 rings (SSSR count). The molecule has 1 aliphatic rings. The highest BCUT2D eigenvalue weighted by atomic mass is 127. The van der Waals surface area contributed by atoms with Crippen molar-refractivity contribution in [2.75, 3.05) is 54.0 Å². The molecule has 6 nitrogen and oxygen atoms in total. The summed E-state index contributed by atoms with van der Waals surface area (Å²) >= 11 is 0. The van der Waals surface area contributed by atoms with Crippen LogP contribution in [0.4, 0.5) is 0 Å². The van der Waals surface area contributed by atoms with Crippen LogP contribution in [-0.2, 0) is 6.42 Å². The van der Waals surface area contributed by atoms with Gasteiger partial charge in [-0.05, 0) is 68.9 Å². The summed E-state index contributed by atoms with van der Waals surface area (Å²) in [5, 5.41) is 6.79. The predicted molar refractivity (Wildman–Crippen MR) is 127 cm³/mol. The second-order valence-corrected chi connectivity index (χ2v) is 7.24. The molecule has 0 aromatic heterocycles. The summed E-state index contributed by atoms with van der Waals surface area (Å²) in [5.41, 5.74) is 1.20. The molecular weight excluding hydrogens is 467 g/mol. The number of guanidine groups is 1. The van der Waals surface area contributed by atoms with Crippen molar-refractivity contribution in [3.05, 3.63) is 23.8 Å². The molecule has 0 atom stereocenters. The minimum absolute atomic E-state index is 0. The molecule has 28 heavy (non-hydrogen) atoms. The molecule has 0 spiro atoms. The van der Waals surface area contributed by atoms with Crippen LogP contribution < -0.4 is 20.1 Å². The Kier molecular flexibility index (Phi) is 12.3.